The Hall–Kier alpha value is -2.27. The standard InChI is InChI=1S/C13H12ClN3O2/c1-8-6-13(17(18)19)11(14)7-12(8)16-10-4-2-9(15)3-5-10/h2-7,16H,15H2,1H3. The molecule has 0 aliphatic heterocycles. The molecule has 0 unspecified atom stereocenters. The summed E-state index contributed by atoms with van der Waals surface area (Å²) in [5.41, 5.74) is 8.48. The third-order valence-electron chi connectivity index (χ3n) is 2.68. The van der Waals surface area contributed by atoms with Gasteiger partial charge in [-0.25, -0.2) is 0 Å². The zero-order valence-corrected chi connectivity index (χ0v) is 10.9. The molecule has 6 heteroatoms. The van der Waals surface area contributed by atoms with Crippen LogP contribution in [0.15, 0.2) is 36.4 Å². The van der Waals surface area contributed by atoms with Crippen LogP contribution in [0.4, 0.5) is 22.7 Å². The predicted molar refractivity (Wildman–Crippen MR) is 77.0 cm³/mol. The minimum atomic E-state index is -0.498. The van der Waals surface area contributed by atoms with E-state index in [1.165, 1.54) is 6.07 Å². The van der Waals surface area contributed by atoms with Gasteiger partial charge >= 0.3 is 0 Å². The molecular weight excluding hydrogens is 266 g/mol. The second-order valence-electron chi connectivity index (χ2n) is 4.12. The number of nitro benzene ring substituents is 1. The van der Waals surface area contributed by atoms with E-state index in [1.54, 1.807) is 25.1 Å². The number of nitrogens with zero attached hydrogens (tertiary/aromatic N) is 1. The van der Waals surface area contributed by atoms with Gasteiger partial charge in [0.2, 0.25) is 0 Å². The second kappa shape index (κ2) is 5.16. The largest absolute Gasteiger partial charge is 0.399 e. The fourth-order valence-corrected chi connectivity index (χ4v) is 1.90. The lowest BCUT2D eigenvalue weighted by Gasteiger charge is -2.10. The van der Waals surface area contributed by atoms with Gasteiger partial charge in [0.25, 0.3) is 5.69 Å². The average Bonchev–Trinajstić information content (AvgIpc) is 2.35. The molecule has 19 heavy (non-hydrogen) atoms. The summed E-state index contributed by atoms with van der Waals surface area (Å²) in [6, 6.07) is 10.2. The van der Waals surface area contributed by atoms with Gasteiger partial charge in [-0.05, 0) is 42.8 Å². The molecule has 98 valence electrons. The molecule has 2 rings (SSSR count). The molecular formula is C13H12ClN3O2. The van der Waals surface area contributed by atoms with E-state index < -0.39 is 4.92 Å². The maximum absolute atomic E-state index is 10.8. The predicted octanol–water partition coefficient (Wildman–Crippen LogP) is 3.88. The summed E-state index contributed by atoms with van der Waals surface area (Å²) in [5.74, 6) is 0. The molecule has 0 saturated heterocycles. The first-order valence-electron chi connectivity index (χ1n) is 5.54. The highest BCUT2D eigenvalue weighted by Gasteiger charge is 2.14. The Morgan fingerprint density at radius 2 is 1.89 bits per heavy atom. The van der Waals surface area contributed by atoms with Crippen molar-refractivity contribution < 1.29 is 4.92 Å². The summed E-state index contributed by atoms with van der Waals surface area (Å²) >= 11 is 5.89. The van der Waals surface area contributed by atoms with Crippen molar-refractivity contribution in [3.8, 4) is 0 Å². The molecule has 0 radical (unpaired) electrons. The molecule has 2 aromatic carbocycles. The van der Waals surface area contributed by atoms with Crippen LogP contribution in [0.2, 0.25) is 5.02 Å². The van der Waals surface area contributed by atoms with Crippen molar-refractivity contribution in [3.63, 3.8) is 0 Å². The fraction of sp³-hybridized carbons (Fsp3) is 0.0769. The molecule has 2 aromatic rings. The number of nitrogens with one attached hydrogen (secondary N) is 1. The van der Waals surface area contributed by atoms with E-state index in [4.69, 9.17) is 17.3 Å². The van der Waals surface area contributed by atoms with Crippen LogP contribution < -0.4 is 11.1 Å². The lowest BCUT2D eigenvalue weighted by molar-refractivity contribution is -0.384. The third kappa shape index (κ3) is 2.95. The number of benzene rings is 2. The maximum Gasteiger partial charge on any atom is 0.288 e. The van der Waals surface area contributed by atoms with Crippen LogP contribution in [0, 0.1) is 17.0 Å². The van der Waals surface area contributed by atoms with Crippen LogP contribution in [0.5, 0.6) is 0 Å². The molecule has 0 saturated carbocycles. The topological polar surface area (TPSA) is 81.2 Å². The number of rotatable bonds is 3. The number of hydrogen-bond acceptors (Lipinski definition) is 4. The summed E-state index contributed by atoms with van der Waals surface area (Å²) in [6.45, 7) is 1.78. The Bertz CT molecular complexity index is 627. The van der Waals surface area contributed by atoms with Gasteiger partial charge in [-0.3, -0.25) is 10.1 Å². The Kier molecular flexibility index (Phi) is 3.57. The van der Waals surface area contributed by atoms with Gasteiger partial charge in [0.05, 0.1) is 4.92 Å². The lowest BCUT2D eigenvalue weighted by atomic mass is 10.1. The van der Waals surface area contributed by atoms with E-state index in [0.29, 0.717) is 5.69 Å². The number of hydrogen-bond donors (Lipinski definition) is 2. The highest BCUT2D eigenvalue weighted by Crippen LogP contribution is 2.32. The van der Waals surface area contributed by atoms with Gasteiger partial charge in [-0.1, -0.05) is 11.6 Å². The van der Waals surface area contributed by atoms with Crippen molar-refractivity contribution in [2.24, 2.45) is 0 Å². The molecule has 0 amide bonds. The molecule has 0 heterocycles. The van der Waals surface area contributed by atoms with Gasteiger partial charge in [0.1, 0.15) is 5.02 Å². The van der Waals surface area contributed by atoms with Crippen molar-refractivity contribution in [2.45, 2.75) is 6.92 Å². The molecule has 0 atom stereocenters. The second-order valence-corrected chi connectivity index (χ2v) is 4.53. The molecule has 0 bridgehead atoms. The Labute approximate surface area is 115 Å². The van der Waals surface area contributed by atoms with Crippen LogP contribution in [0.1, 0.15) is 5.56 Å². The molecule has 0 spiro atoms. The van der Waals surface area contributed by atoms with Crippen molar-refractivity contribution in [2.75, 3.05) is 11.1 Å². The number of nitro groups is 1. The zero-order valence-electron chi connectivity index (χ0n) is 10.2. The number of nitrogens with two attached hydrogens (primary N) is 1. The molecule has 0 aliphatic carbocycles. The molecule has 0 aliphatic rings. The van der Waals surface area contributed by atoms with Gasteiger partial charge in [0.15, 0.2) is 0 Å². The summed E-state index contributed by atoms with van der Waals surface area (Å²) in [6.07, 6.45) is 0. The monoisotopic (exact) mass is 277 g/mol. The SMILES string of the molecule is Cc1cc([N+](=O)[O-])c(Cl)cc1Nc1ccc(N)cc1. The smallest absolute Gasteiger partial charge is 0.288 e. The van der Waals surface area contributed by atoms with Crippen molar-refractivity contribution >= 4 is 34.4 Å². The first kappa shape index (κ1) is 13.2. The van der Waals surface area contributed by atoms with E-state index in [1.807, 2.05) is 12.1 Å². The lowest BCUT2D eigenvalue weighted by Crippen LogP contribution is -1.96. The minimum Gasteiger partial charge on any atom is -0.399 e. The maximum atomic E-state index is 10.8. The van der Waals surface area contributed by atoms with E-state index >= 15 is 0 Å². The summed E-state index contributed by atoms with van der Waals surface area (Å²) < 4.78 is 0. The van der Waals surface area contributed by atoms with E-state index in [0.717, 1.165) is 16.9 Å². The summed E-state index contributed by atoms with van der Waals surface area (Å²) in [4.78, 5) is 10.3. The molecule has 0 aromatic heterocycles. The molecule has 5 nitrogen and oxygen atoms in total. The first-order valence-corrected chi connectivity index (χ1v) is 5.92. The van der Waals surface area contributed by atoms with Crippen LogP contribution >= 0.6 is 11.6 Å². The average molecular weight is 278 g/mol. The summed E-state index contributed by atoms with van der Waals surface area (Å²) in [7, 11) is 0. The Balaban J connectivity index is 2.33. The highest BCUT2D eigenvalue weighted by atomic mass is 35.5. The third-order valence-corrected chi connectivity index (χ3v) is 2.98. The number of anilines is 3. The van der Waals surface area contributed by atoms with E-state index in [2.05, 4.69) is 5.32 Å². The van der Waals surface area contributed by atoms with E-state index in [9.17, 15) is 10.1 Å². The fourth-order valence-electron chi connectivity index (χ4n) is 1.66. The number of halogens is 1. The molecule has 3 N–H and O–H groups in total. The minimum absolute atomic E-state index is 0.0953. The van der Waals surface area contributed by atoms with Gasteiger partial charge in [-0.15, -0.1) is 0 Å². The van der Waals surface area contributed by atoms with Gasteiger partial charge < -0.3 is 11.1 Å². The van der Waals surface area contributed by atoms with Crippen LogP contribution in [0.25, 0.3) is 0 Å². The van der Waals surface area contributed by atoms with Crippen LogP contribution in [-0.4, -0.2) is 4.92 Å². The molecule has 0 fully saturated rings. The number of aryl methyl sites for hydroxylation is 1. The van der Waals surface area contributed by atoms with Gasteiger partial charge in [-0.2, -0.15) is 0 Å². The highest BCUT2D eigenvalue weighted by molar-refractivity contribution is 6.33. The van der Waals surface area contributed by atoms with Crippen molar-refractivity contribution in [1.82, 2.24) is 0 Å². The normalized spacial score (nSPS) is 10.2. The van der Waals surface area contributed by atoms with Gasteiger partial charge in [0, 0.05) is 23.1 Å². The first-order chi connectivity index (χ1) is 8.97. The van der Waals surface area contributed by atoms with E-state index in [-0.39, 0.29) is 10.7 Å². The quantitative estimate of drug-likeness (QED) is 0.507. The van der Waals surface area contributed by atoms with Crippen LogP contribution in [0.3, 0.4) is 0 Å². The van der Waals surface area contributed by atoms with Crippen LogP contribution in [-0.2, 0) is 0 Å². The zero-order chi connectivity index (χ0) is 14.0. The Morgan fingerprint density at radius 3 is 2.47 bits per heavy atom. The number of nitrogen functional groups attached to an aromatic ring is 1. The Morgan fingerprint density at radius 1 is 1.26 bits per heavy atom. The van der Waals surface area contributed by atoms with Crippen molar-refractivity contribution in [3.05, 3.63) is 57.1 Å². The van der Waals surface area contributed by atoms with Crippen molar-refractivity contribution in [1.29, 1.82) is 0 Å². The summed E-state index contributed by atoms with van der Waals surface area (Å²) in [5, 5.41) is 14.0.